The fraction of sp³-hybridized carbons (Fsp3) is 0.286. The van der Waals surface area contributed by atoms with E-state index in [2.05, 4.69) is 41.3 Å². The lowest BCUT2D eigenvalue weighted by molar-refractivity contribution is -0.137. The number of methoxy groups -OCH3 is 3. The third kappa shape index (κ3) is 5.12. The van der Waals surface area contributed by atoms with Gasteiger partial charge in [0.25, 0.3) is 0 Å². The summed E-state index contributed by atoms with van der Waals surface area (Å²) in [4.78, 5) is 2.31. The fourth-order valence-electron chi connectivity index (χ4n) is 8.04. The van der Waals surface area contributed by atoms with Crippen molar-refractivity contribution < 1.29 is 36.9 Å². The number of halogens is 3. The molecule has 0 bridgehead atoms. The zero-order valence-corrected chi connectivity index (χ0v) is 29.1. The number of fused-ring (bicyclic) bond motifs is 8. The van der Waals surface area contributed by atoms with Crippen molar-refractivity contribution in [2.75, 3.05) is 52.5 Å². The summed E-state index contributed by atoms with van der Waals surface area (Å²) in [6.07, 6.45) is -0.337. The highest BCUT2D eigenvalue weighted by atomic mass is 19.4. The minimum absolute atomic E-state index is 0.511. The first-order valence-electron chi connectivity index (χ1n) is 16.9. The minimum Gasteiger partial charge on any atom is -0.497 e. The molecule has 6 nitrogen and oxygen atoms in total. The van der Waals surface area contributed by atoms with Crippen LogP contribution in [-0.2, 0) is 21.9 Å². The third-order valence-corrected chi connectivity index (χ3v) is 10.7. The highest BCUT2D eigenvalue weighted by molar-refractivity contribution is 6.09. The van der Waals surface area contributed by atoms with Gasteiger partial charge in [-0.05, 0) is 82.2 Å². The Hall–Kier alpha value is -5.15. The van der Waals surface area contributed by atoms with Crippen molar-refractivity contribution in [3.05, 3.63) is 118 Å². The van der Waals surface area contributed by atoms with E-state index in [0.29, 0.717) is 36.0 Å². The summed E-state index contributed by atoms with van der Waals surface area (Å²) in [5.74, 6) is 2.35. The number of hydrogen-bond acceptors (Lipinski definition) is 6. The van der Waals surface area contributed by atoms with Gasteiger partial charge in [-0.25, -0.2) is 0 Å². The maximum absolute atomic E-state index is 14.1. The summed E-state index contributed by atoms with van der Waals surface area (Å²) >= 11 is 0. The fourth-order valence-corrected chi connectivity index (χ4v) is 8.04. The van der Waals surface area contributed by atoms with Crippen LogP contribution in [0.2, 0.25) is 0 Å². The Labute approximate surface area is 295 Å². The van der Waals surface area contributed by atoms with Gasteiger partial charge in [-0.2, -0.15) is 13.2 Å². The topological polar surface area (TPSA) is 49.4 Å². The molecule has 0 N–H and O–H groups in total. The number of hydrogen-bond donors (Lipinski definition) is 0. The molecule has 3 aliphatic rings. The first-order chi connectivity index (χ1) is 24.5. The normalized spacial score (nSPS) is 18.9. The maximum Gasteiger partial charge on any atom is 0.416 e. The Morgan fingerprint density at radius 1 is 0.745 bits per heavy atom. The van der Waals surface area contributed by atoms with Crippen LogP contribution in [0.5, 0.6) is 23.0 Å². The van der Waals surface area contributed by atoms with Gasteiger partial charge in [0.15, 0.2) is 17.1 Å². The average molecular weight is 694 g/mol. The highest BCUT2D eigenvalue weighted by Gasteiger charge is 2.45. The lowest BCUT2D eigenvalue weighted by Gasteiger charge is -2.39. The lowest BCUT2D eigenvalue weighted by atomic mass is 9.76. The van der Waals surface area contributed by atoms with Gasteiger partial charge in [0, 0.05) is 46.3 Å². The Balaban J connectivity index is 1.39. The van der Waals surface area contributed by atoms with Crippen LogP contribution >= 0.6 is 0 Å². The summed E-state index contributed by atoms with van der Waals surface area (Å²) < 4.78 is 72.2. The van der Waals surface area contributed by atoms with Crippen LogP contribution in [0.1, 0.15) is 47.2 Å². The van der Waals surface area contributed by atoms with Gasteiger partial charge in [-0.1, -0.05) is 50.3 Å². The quantitative estimate of drug-likeness (QED) is 0.177. The molecule has 1 aliphatic carbocycles. The summed E-state index contributed by atoms with van der Waals surface area (Å²) in [6.45, 7) is 6.96. The van der Waals surface area contributed by atoms with E-state index in [1.807, 2.05) is 50.2 Å². The predicted molar refractivity (Wildman–Crippen MR) is 193 cm³/mol. The molecule has 5 aromatic rings. The van der Waals surface area contributed by atoms with Crippen LogP contribution in [-0.4, -0.2) is 47.6 Å². The molecule has 2 aliphatic heterocycles. The van der Waals surface area contributed by atoms with E-state index in [1.54, 1.807) is 27.4 Å². The van der Waals surface area contributed by atoms with Crippen LogP contribution in [0.25, 0.3) is 28.0 Å². The Bertz CT molecular complexity index is 2190. The number of anilines is 1. The van der Waals surface area contributed by atoms with Crippen molar-refractivity contribution >= 4 is 22.5 Å². The largest absolute Gasteiger partial charge is 0.497 e. The summed E-state index contributed by atoms with van der Waals surface area (Å²) in [5.41, 5.74) is 4.31. The van der Waals surface area contributed by atoms with Gasteiger partial charge < -0.3 is 28.6 Å². The van der Waals surface area contributed by atoms with Crippen LogP contribution < -0.4 is 23.8 Å². The maximum atomic E-state index is 14.1. The van der Waals surface area contributed by atoms with Crippen molar-refractivity contribution in [1.82, 2.24) is 0 Å². The van der Waals surface area contributed by atoms with E-state index in [4.69, 9.17) is 23.7 Å². The second-order valence-electron chi connectivity index (χ2n) is 13.7. The van der Waals surface area contributed by atoms with E-state index >= 15 is 0 Å². The van der Waals surface area contributed by atoms with E-state index < -0.39 is 22.8 Å². The molecule has 1 fully saturated rings. The molecule has 0 amide bonds. The van der Waals surface area contributed by atoms with E-state index in [-0.39, 0.29) is 0 Å². The zero-order chi connectivity index (χ0) is 35.7. The van der Waals surface area contributed by atoms with E-state index in [1.165, 1.54) is 6.07 Å². The van der Waals surface area contributed by atoms with Crippen molar-refractivity contribution in [2.24, 2.45) is 0 Å². The number of rotatable bonds is 6. The highest BCUT2D eigenvalue weighted by Crippen LogP contribution is 2.59. The van der Waals surface area contributed by atoms with Crippen molar-refractivity contribution in [3.63, 3.8) is 0 Å². The average Bonchev–Trinajstić information content (AvgIpc) is 3.40. The van der Waals surface area contributed by atoms with Crippen molar-refractivity contribution in [3.8, 4) is 34.1 Å². The second-order valence-corrected chi connectivity index (χ2v) is 13.7. The van der Waals surface area contributed by atoms with Crippen LogP contribution in [0, 0.1) is 0 Å². The van der Waals surface area contributed by atoms with Gasteiger partial charge in [0.2, 0.25) is 0 Å². The van der Waals surface area contributed by atoms with Gasteiger partial charge >= 0.3 is 6.18 Å². The minimum atomic E-state index is -4.48. The Kier molecular flexibility index (Phi) is 7.76. The van der Waals surface area contributed by atoms with Crippen LogP contribution in [0.15, 0.2) is 84.9 Å². The van der Waals surface area contributed by atoms with Crippen LogP contribution in [0.3, 0.4) is 0 Å². The molecule has 0 spiro atoms. The van der Waals surface area contributed by atoms with Crippen LogP contribution in [0.4, 0.5) is 18.9 Å². The third-order valence-electron chi connectivity index (χ3n) is 10.7. The smallest absolute Gasteiger partial charge is 0.416 e. The molecule has 8 rings (SSSR count). The number of ether oxygens (including phenoxy) is 5. The number of nitrogens with zero attached hydrogens (tertiary/aromatic N) is 1. The molecule has 0 radical (unpaired) electrons. The molecule has 9 heteroatoms. The molecule has 0 aromatic heterocycles. The number of alkyl halides is 3. The summed E-state index contributed by atoms with van der Waals surface area (Å²) in [5, 5.41) is 1.56. The van der Waals surface area contributed by atoms with Gasteiger partial charge in [-0.3, -0.25) is 0 Å². The lowest BCUT2D eigenvalue weighted by Crippen LogP contribution is -2.37. The van der Waals surface area contributed by atoms with E-state index in [0.717, 1.165) is 74.7 Å². The number of benzene rings is 5. The SMILES string of the molecule is COc1ccc(C2(c3ccc(N4CCOCC4)cc3)C=Cc3c4c(c5cc(OC)c(OC)cc5c3O2)-c2ccc(C(F)(F)F)cc2C4(C)C)cc1. The first-order valence-corrected chi connectivity index (χ1v) is 16.9. The van der Waals surface area contributed by atoms with Crippen molar-refractivity contribution in [1.29, 1.82) is 0 Å². The Morgan fingerprint density at radius 3 is 1.98 bits per heavy atom. The molecule has 0 saturated carbocycles. The molecule has 5 aromatic carbocycles. The molecule has 1 unspecified atom stereocenters. The van der Waals surface area contributed by atoms with Gasteiger partial charge in [0.05, 0.1) is 40.1 Å². The molecule has 51 heavy (non-hydrogen) atoms. The zero-order valence-electron chi connectivity index (χ0n) is 29.1. The van der Waals surface area contributed by atoms with E-state index in [9.17, 15) is 13.2 Å². The molecule has 2 heterocycles. The number of morpholine rings is 1. The molecule has 1 atom stereocenters. The predicted octanol–water partition coefficient (Wildman–Crippen LogP) is 9.38. The molecule has 262 valence electrons. The monoisotopic (exact) mass is 693 g/mol. The summed E-state index contributed by atoms with van der Waals surface area (Å²) in [7, 11) is 4.79. The summed E-state index contributed by atoms with van der Waals surface area (Å²) in [6, 6.07) is 24.1. The molecular weight excluding hydrogens is 655 g/mol. The second kappa shape index (κ2) is 12.0. The van der Waals surface area contributed by atoms with Gasteiger partial charge in [-0.15, -0.1) is 0 Å². The first kappa shape index (κ1) is 33.0. The van der Waals surface area contributed by atoms with Gasteiger partial charge in [0.1, 0.15) is 11.5 Å². The molecular formula is C42H38F3NO5. The Morgan fingerprint density at radius 2 is 1.37 bits per heavy atom. The molecule has 1 saturated heterocycles. The standard InChI is InChI=1S/C42H38F3NO5/c1-40(2)34-22-27(42(43,44)45)10-15-30(34)37-32-23-35(48-4)36(49-5)24-33(32)39-31(38(37)40)16-17-41(51-39,26-8-13-29(47-3)14-9-26)25-6-11-28(12-7-25)46-18-20-50-21-19-46/h6-17,22-24H,18-21H2,1-5H3. The van der Waals surface area contributed by atoms with Crippen molar-refractivity contribution in [2.45, 2.75) is 31.0 Å².